The molecular weight excluding hydrogens is 297 g/mol. The molecule has 0 N–H and O–H groups in total. The van der Waals surface area contributed by atoms with Gasteiger partial charge in [0.15, 0.2) is 5.78 Å². The number of ketones is 1. The van der Waals surface area contributed by atoms with Crippen molar-refractivity contribution in [1.82, 2.24) is 4.90 Å². The Morgan fingerprint density at radius 3 is 3.05 bits per heavy atom. The monoisotopic (exact) mass is 313 g/mol. The maximum atomic E-state index is 12.4. The lowest BCUT2D eigenvalue weighted by molar-refractivity contribution is -0.0522. The van der Waals surface area contributed by atoms with Crippen LogP contribution in [0.2, 0.25) is 10.0 Å². The molecule has 1 aliphatic heterocycles. The van der Waals surface area contributed by atoms with Crippen molar-refractivity contribution in [2.45, 2.75) is 31.4 Å². The Morgan fingerprint density at radius 1 is 1.35 bits per heavy atom. The lowest BCUT2D eigenvalue weighted by Crippen LogP contribution is -2.50. The maximum absolute atomic E-state index is 12.4. The maximum Gasteiger partial charge on any atom is 0.178 e. The fourth-order valence-corrected chi connectivity index (χ4v) is 3.58. The van der Waals surface area contributed by atoms with E-state index >= 15 is 0 Å². The summed E-state index contributed by atoms with van der Waals surface area (Å²) in [7, 11) is 0. The highest BCUT2D eigenvalue weighted by Gasteiger charge is 2.36. The second kappa shape index (κ2) is 6.02. The fourth-order valence-electron chi connectivity index (χ4n) is 3.18. The van der Waals surface area contributed by atoms with Crippen molar-refractivity contribution in [3.8, 4) is 0 Å². The van der Waals surface area contributed by atoms with Gasteiger partial charge in [-0.1, -0.05) is 23.2 Å². The van der Waals surface area contributed by atoms with Crippen molar-refractivity contribution in [1.29, 1.82) is 0 Å². The first kappa shape index (κ1) is 14.3. The normalized spacial score (nSPS) is 26.5. The Morgan fingerprint density at radius 2 is 2.20 bits per heavy atom. The number of carbonyl (C=O) groups is 1. The van der Waals surface area contributed by atoms with Crippen LogP contribution >= 0.6 is 23.2 Å². The Balaban J connectivity index is 1.73. The number of halogens is 2. The summed E-state index contributed by atoms with van der Waals surface area (Å²) in [5, 5.41) is 1.01. The van der Waals surface area contributed by atoms with Crippen LogP contribution < -0.4 is 0 Å². The lowest BCUT2D eigenvalue weighted by Gasteiger charge is -2.37. The van der Waals surface area contributed by atoms with Crippen molar-refractivity contribution in [3.63, 3.8) is 0 Å². The molecule has 0 bridgehead atoms. The zero-order valence-electron chi connectivity index (χ0n) is 11.1. The van der Waals surface area contributed by atoms with Crippen LogP contribution in [0.25, 0.3) is 0 Å². The van der Waals surface area contributed by atoms with Gasteiger partial charge in [0.25, 0.3) is 0 Å². The van der Waals surface area contributed by atoms with Gasteiger partial charge in [0.1, 0.15) is 0 Å². The molecule has 2 aliphatic rings. The van der Waals surface area contributed by atoms with Gasteiger partial charge < -0.3 is 4.74 Å². The molecule has 0 aromatic heterocycles. The van der Waals surface area contributed by atoms with E-state index in [1.54, 1.807) is 18.2 Å². The van der Waals surface area contributed by atoms with E-state index in [0.717, 1.165) is 19.4 Å². The van der Waals surface area contributed by atoms with Crippen LogP contribution in [-0.4, -0.2) is 42.5 Å². The van der Waals surface area contributed by atoms with Crippen LogP contribution in [0.5, 0.6) is 0 Å². The summed E-state index contributed by atoms with van der Waals surface area (Å²) in [5.41, 5.74) is 0.514. The van der Waals surface area contributed by atoms with Gasteiger partial charge in [0.2, 0.25) is 0 Å². The third-order valence-corrected chi connectivity index (χ3v) is 4.74. The molecule has 0 radical (unpaired) electrons. The predicted octanol–water partition coefficient (Wildman–Crippen LogP) is 3.43. The number of Topliss-reactive ketones (excluding diaryl/α,β-unsaturated/α-hetero) is 1. The molecule has 1 aromatic rings. The number of ether oxygens (including phenoxy) is 1. The third-order valence-electron chi connectivity index (χ3n) is 4.17. The molecule has 108 valence electrons. The van der Waals surface area contributed by atoms with Crippen LogP contribution in [-0.2, 0) is 4.74 Å². The van der Waals surface area contributed by atoms with Gasteiger partial charge in [0.05, 0.1) is 24.3 Å². The average Bonchev–Trinajstić information content (AvgIpc) is 2.91. The summed E-state index contributed by atoms with van der Waals surface area (Å²) in [5.74, 6) is 0.0325. The first-order valence-electron chi connectivity index (χ1n) is 6.99. The molecule has 3 nitrogen and oxygen atoms in total. The summed E-state index contributed by atoms with van der Waals surface area (Å²) in [6.45, 7) is 1.91. The number of hydrogen-bond donors (Lipinski definition) is 0. The zero-order valence-corrected chi connectivity index (χ0v) is 12.7. The van der Waals surface area contributed by atoms with Crippen LogP contribution in [0.3, 0.4) is 0 Å². The molecule has 20 heavy (non-hydrogen) atoms. The summed E-state index contributed by atoms with van der Waals surface area (Å²) in [6, 6.07) is 5.40. The fraction of sp³-hybridized carbons (Fsp3) is 0.533. The molecular formula is C15H17Cl2NO2. The summed E-state index contributed by atoms with van der Waals surface area (Å²) in [4.78, 5) is 14.7. The molecule has 1 aliphatic carbocycles. The number of benzene rings is 1. The second-order valence-corrected chi connectivity index (χ2v) is 6.27. The van der Waals surface area contributed by atoms with Crippen LogP contribution in [0.4, 0.5) is 0 Å². The predicted molar refractivity (Wildman–Crippen MR) is 79.7 cm³/mol. The van der Waals surface area contributed by atoms with Gasteiger partial charge in [-0.2, -0.15) is 0 Å². The van der Waals surface area contributed by atoms with E-state index in [2.05, 4.69) is 4.90 Å². The van der Waals surface area contributed by atoms with Crippen molar-refractivity contribution in [2.24, 2.45) is 0 Å². The molecule has 3 rings (SSSR count). The molecule has 2 atom stereocenters. The highest BCUT2D eigenvalue weighted by Crippen LogP contribution is 2.30. The minimum atomic E-state index is 0.0325. The van der Waals surface area contributed by atoms with Crippen LogP contribution in [0, 0.1) is 0 Å². The van der Waals surface area contributed by atoms with Gasteiger partial charge >= 0.3 is 0 Å². The number of morpholine rings is 1. The molecule has 1 aromatic carbocycles. The standard InChI is InChI=1S/C15H17Cl2NO2/c16-10-4-5-12(17)11(8-10)14(19)9-18-6-7-20-15-3-1-2-13(15)18/h4-5,8,13,15H,1-3,6-7,9H2. The van der Waals surface area contributed by atoms with Gasteiger partial charge in [-0.15, -0.1) is 0 Å². The summed E-state index contributed by atoms with van der Waals surface area (Å²) >= 11 is 12.0. The molecule has 0 spiro atoms. The molecule has 2 unspecified atom stereocenters. The highest BCUT2D eigenvalue weighted by molar-refractivity contribution is 6.36. The van der Waals surface area contributed by atoms with Crippen molar-refractivity contribution in [2.75, 3.05) is 19.7 Å². The smallest absolute Gasteiger partial charge is 0.178 e. The van der Waals surface area contributed by atoms with Crippen molar-refractivity contribution in [3.05, 3.63) is 33.8 Å². The molecule has 5 heteroatoms. The number of carbonyl (C=O) groups excluding carboxylic acids is 1. The first-order valence-corrected chi connectivity index (χ1v) is 7.74. The molecule has 1 heterocycles. The Bertz CT molecular complexity index is 521. The van der Waals surface area contributed by atoms with E-state index < -0.39 is 0 Å². The SMILES string of the molecule is O=C(CN1CCOC2CCCC21)c1cc(Cl)ccc1Cl. The van der Waals surface area contributed by atoms with E-state index in [1.165, 1.54) is 6.42 Å². The van der Waals surface area contributed by atoms with E-state index in [0.29, 0.717) is 40.9 Å². The summed E-state index contributed by atoms with van der Waals surface area (Å²) in [6.07, 6.45) is 3.69. The minimum Gasteiger partial charge on any atom is -0.375 e. The van der Waals surface area contributed by atoms with Crippen LogP contribution in [0.1, 0.15) is 29.6 Å². The van der Waals surface area contributed by atoms with Gasteiger partial charge in [-0.05, 0) is 37.5 Å². The lowest BCUT2D eigenvalue weighted by atomic mass is 10.1. The molecule has 1 saturated carbocycles. The number of nitrogens with zero attached hydrogens (tertiary/aromatic N) is 1. The third kappa shape index (κ3) is 2.86. The Hall–Kier alpha value is -0.610. The average molecular weight is 314 g/mol. The molecule has 0 amide bonds. The second-order valence-electron chi connectivity index (χ2n) is 5.43. The van der Waals surface area contributed by atoms with Crippen molar-refractivity contribution < 1.29 is 9.53 Å². The van der Waals surface area contributed by atoms with Gasteiger partial charge in [-0.25, -0.2) is 0 Å². The molecule has 1 saturated heterocycles. The zero-order chi connectivity index (χ0) is 14.1. The largest absolute Gasteiger partial charge is 0.375 e. The van der Waals surface area contributed by atoms with Crippen LogP contribution in [0.15, 0.2) is 18.2 Å². The van der Waals surface area contributed by atoms with E-state index in [-0.39, 0.29) is 5.78 Å². The Kier molecular flexibility index (Phi) is 4.32. The minimum absolute atomic E-state index is 0.0325. The van der Waals surface area contributed by atoms with Gasteiger partial charge in [-0.3, -0.25) is 9.69 Å². The number of hydrogen-bond acceptors (Lipinski definition) is 3. The first-order chi connectivity index (χ1) is 9.65. The summed E-state index contributed by atoms with van der Waals surface area (Å²) < 4.78 is 5.76. The van der Waals surface area contributed by atoms with Crippen molar-refractivity contribution >= 4 is 29.0 Å². The quantitative estimate of drug-likeness (QED) is 0.801. The van der Waals surface area contributed by atoms with Gasteiger partial charge in [0, 0.05) is 23.2 Å². The molecule has 2 fully saturated rings. The van der Waals surface area contributed by atoms with E-state index in [1.807, 2.05) is 0 Å². The number of rotatable bonds is 3. The topological polar surface area (TPSA) is 29.5 Å². The number of fused-ring (bicyclic) bond motifs is 1. The highest BCUT2D eigenvalue weighted by atomic mass is 35.5. The Labute approximate surface area is 128 Å². The van der Waals surface area contributed by atoms with E-state index in [4.69, 9.17) is 27.9 Å². The van der Waals surface area contributed by atoms with E-state index in [9.17, 15) is 4.79 Å².